The number of rotatable bonds is 4. The molecule has 1 atom stereocenters. The number of hydrogen-bond acceptors (Lipinski definition) is 3. The smallest absolute Gasteiger partial charge is 0.241 e. The van der Waals surface area contributed by atoms with Gasteiger partial charge in [0.25, 0.3) is 0 Å². The standard InChI is InChI=1S/C19H20N2O3S/c1-13(14-5-3-2-4-6-14)20-25(23,24)17-11-15-7-8-18(22)21-10-9-16(12-17)19(15)21/h2-6,11-13,20H,7-10H2,1H3/t13-/m0/s1. The molecule has 0 unspecified atom stereocenters. The van der Waals surface area contributed by atoms with Gasteiger partial charge in [-0.15, -0.1) is 0 Å². The van der Waals surface area contributed by atoms with E-state index < -0.39 is 10.0 Å². The van der Waals surface area contributed by atoms with E-state index in [0.29, 0.717) is 30.7 Å². The Morgan fingerprint density at radius 1 is 1.04 bits per heavy atom. The number of anilines is 1. The van der Waals surface area contributed by atoms with Crippen molar-refractivity contribution in [1.82, 2.24) is 4.72 Å². The highest BCUT2D eigenvalue weighted by molar-refractivity contribution is 7.89. The van der Waals surface area contributed by atoms with Gasteiger partial charge in [0.2, 0.25) is 15.9 Å². The number of carbonyl (C=O) groups is 1. The first-order chi connectivity index (χ1) is 12.0. The highest BCUT2D eigenvalue weighted by atomic mass is 32.2. The van der Waals surface area contributed by atoms with Crippen molar-refractivity contribution < 1.29 is 13.2 Å². The molecule has 1 amide bonds. The van der Waals surface area contributed by atoms with Crippen molar-refractivity contribution in [1.29, 1.82) is 0 Å². The molecule has 2 aromatic carbocycles. The second-order valence-electron chi connectivity index (χ2n) is 6.64. The maximum atomic E-state index is 12.9. The number of carbonyl (C=O) groups excluding carboxylic acids is 1. The van der Waals surface area contributed by atoms with Crippen molar-refractivity contribution in [2.45, 2.75) is 37.1 Å². The summed E-state index contributed by atoms with van der Waals surface area (Å²) in [7, 11) is -3.62. The molecule has 5 nitrogen and oxygen atoms in total. The highest BCUT2D eigenvalue weighted by Gasteiger charge is 2.33. The van der Waals surface area contributed by atoms with Gasteiger partial charge in [0.05, 0.1) is 10.6 Å². The van der Waals surface area contributed by atoms with E-state index in [4.69, 9.17) is 0 Å². The molecule has 0 saturated carbocycles. The number of nitrogens with zero attached hydrogens (tertiary/aromatic N) is 1. The van der Waals surface area contributed by atoms with Crippen LogP contribution >= 0.6 is 0 Å². The summed E-state index contributed by atoms with van der Waals surface area (Å²) in [5.74, 6) is 0.137. The minimum absolute atomic E-state index is 0.137. The van der Waals surface area contributed by atoms with Crippen molar-refractivity contribution in [3.8, 4) is 0 Å². The lowest BCUT2D eigenvalue weighted by Crippen LogP contribution is -2.33. The fourth-order valence-corrected chi connectivity index (χ4v) is 5.02. The van der Waals surface area contributed by atoms with Crippen LogP contribution in [-0.4, -0.2) is 20.9 Å². The Labute approximate surface area is 147 Å². The van der Waals surface area contributed by atoms with Crippen LogP contribution in [0.4, 0.5) is 5.69 Å². The van der Waals surface area contributed by atoms with Gasteiger partial charge in [-0.25, -0.2) is 13.1 Å². The topological polar surface area (TPSA) is 66.5 Å². The minimum atomic E-state index is -3.62. The van der Waals surface area contributed by atoms with E-state index in [1.807, 2.05) is 37.3 Å². The van der Waals surface area contributed by atoms with Crippen LogP contribution in [0.3, 0.4) is 0 Å². The largest absolute Gasteiger partial charge is 0.312 e. The Bertz CT molecular complexity index is 939. The number of benzene rings is 2. The second-order valence-corrected chi connectivity index (χ2v) is 8.35. The molecule has 25 heavy (non-hydrogen) atoms. The minimum Gasteiger partial charge on any atom is -0.312 e. The van der Waals surface area contributed by atoms with Crippen LogP contribution in [0.25, 0.3) is 0 Å². The monoisotopic (exact) mass is 356 g/mol. The third kappa shape index (κ3) is 2.85. The first kappa shape index (κ1) is 16.3. The first-order valence-corrected chi connectivity index (χ1v) is 9.97. The fourth-order valence-electron chi connectivity index (χ4n) is 3.69. The third-order valence-corrected chi connectivity index (χ3v) is 6.49. The van der Waals surface area contributed by atoms with E-state index in [0.717, 1.165) is 22.4 Å². The summed E-state index contributed by atoms with van der Waals surface area (Å²) in [6, 6.07) is 12.6. The van der Waals surface area contributed by atoms with E-state index in [9.17, 15) is 13.2 Å². The Kier molecular flexibility index (Phi) is 3.89. The Hall–Kier alpha value is -2.18. The maximum Gasteiger partial charge on any atom is 0.241 e. The molecule has 2 aliphatic rings. The molecular formula is C19H20N2O3S. The number of amides is 1. The van der Waals surface area contributed by atoms with Crippen LogP contribution < -0.4 is 9.62 Å². The number of nitrogens with one attached hydrogen (secondary N) is 1. The molecule has 6 heteroatoms. The lowest BCUT2D eigenvalue weighted by Gasteiger charge is -2.26. The molecule has 0 spiro atoms. The van der Waals surface area contributed by atoms with Gasteiger partial charge in [-0.1, -0.05) is 30.3 Å². The van der Waals surface area contributed by atoms with Gasteiger partial charge in [0.1, 0.15) is 0 Å². The zero-order valence-corrected chi connectivity index (χ0v) is 14.8. The second kappa shape index (κ2) is 5.97. The third-order valence-electron chi connectivity index (χ3n) is 4.97. The normalized spacial score (nSPS) is 17.5. The molecule has 0 aliphatic carbocycles. The van der Waals surface area contributed by atoms with E-state index in [1.54, 1.807) is 17.0 Å². The van der Waals surface area contributed by atoms with E-state index in [-0.39, 0.29) is 11.9 Å². The Morgan fingerprint density at radius 2 is 1.72 bits per heavy atom. The molecule has 0 radical (unpaired) electrons. The van der Waals surface area contributed by atoms with Gasteiger partial charge >= 0.3 is 0 Å². The molecule has 4 rings (SSSR count). The number of aryl methyl sites for hydroxylation is 1. The molecule has 0 fully saturated rings. The Balaban J connectivity index is 1.67. The van der Waals surface area contributed by atoms with E-state index in [2.05, 4.69) is 4.72 Å². The molecule has 0 aromatic heterocycles. The van der Waals surface area contributed by atoms with Gasteiger partial charge in [-0.3, -0.25) is 4.79 Å². The van der Waals surface area contributed by atoms with Gasteiger partial charge in [0, 0.05) is 19.0 Å². The van der Waals surface area contributed by atoms with Crippen LogP contribution in [0, 0.1) is 0 Å². The average Bonchev–Trinajstić information content (AvgIpc) is 3.04. The van der Waals surface area contributed by atoms with Crippen molar-refractivity contribution in [3.63, 3.8) is 0 Å². The lowest BCUT2D eigenvalue weighted by atomic mass is 10.00. The van der Waals surface area contributed by atoms with Crippen LogP contribution in [0.15, 0.2) is 47.4 Å². The van der Waals surface area contributed by atoms with Crippen molar-refractivity contribution in [3.05, 3.63) is 59.2 Å². The van der Waals surface area contributed by atoms with Crippen molar-refractivity contribution in [2.75, 3.05) is 11.4 Å². The molecule has 0 saturated heterocycles. The predicted octanol–water partition coefficient (Wildman–Crippen LogP) is 2.56. The lowest BCUT2D eigenvalue weighted by molar-refractivity contribution is -0.118. The summed E-state index contributed by atoms with van der Waals surface area (Å²) >= 11 is 0. The molecule has 2 aliphatic heterocycles. The molecule has 1 N–H and O–H groups in total. The molecule has 2 aromatic rings. The van der Waals surface area contributed by atoms with Crippen LogP contribution in [-0.2, 0) is 27.7 Å². The summed E-state index contributed by atoms with van der Waals surface area (Å²) in [6.45, 7) is 2.49. The maximum absolute atomic E-state index is 12.9. The summed E-state index contributed by atoms with van der Waals surface area (Å²) in [5, 5.41) is 0. The molecule has 0 bridgehead atoms. The van der Waals surface area contributed by atoms with E-state index in [1.165, 1.54) is 0 Å². The number of sulfonamides is 1. The van der Waals surface area contributed by atoms with Gasteiger partial charge < -0.3 is 4.90 Å². The molecule has 130 valence electrons. The summed E-state index contributed by atoms with van der Waals surface area (Å²) in [5.41, 5.74) is 3.78. The summed E-state index contributed by atoms with van der Waals surface area (Å²) in [4.78, 5) is 14.1. The predicted molar refractivity (Wildman–Crippen MR) is 96.0 cm³/mol. The SMILES string of the molecule is C[C@H](NS(=O)(=O)c1cc2c3c(c1)CCN3C(=O)CC2)c1ccccc1. The van der Waals surface area contributed by atoms with Gasteiger partial charge in [-0.2, -0.15) is 0 Å². The van der Waals surface area contributed by atoms with Gasteiger partial charge in [0.15, 0.2) is 0 Å². The zero-order chi connectivity index (χ0) is 17.6. The van der Waals surface area contributed by atoms with Crippen molar-refractivity contribution in [2.24, 2.45) is 0 Å². The molecule has 2 heterocycles. The van der Waals surface area contributed by atoms with Crippen LogP contribution in [0.5, 0.6) is 0 Å². The number of hydrogen-bond donors (Lipinski definition) is 1. The summed E-state index contributed by atoms with van der Waals surface area (Å²) < 4.78 is 28.5. The fraction of sp³-hybridized carbons (Fsp3) is 0.316. The van der Waals surface area contributed by atoms with Crippen LogP contribution in [0.2, 0.25) is 0 Å². The highest BCUT2D eigenvalue weighted by Crippen LogP contribution is 2.38. The summed E-state index contributed by atoms with van der Waals surface area (Å²) in [6.07, 6.45) is 1.77. The van der Waals surface area contributed by atoms with Crippen LogP contribution in [0.1, 0.15) is 36.1 Å². The van der Waals surface area contributed by atoms with Crippen molar-refractivity contribution >= 4 is 21.6 Å². The molecular weight excluding hydrogens is 336 g/mol. The zero-order valence-electron chi connectivity index (χ0n) is 14.0. The van der Waals surface area contributed by atoms with E-state index >= 15 is 0 Å². The van der Waals surface area contributed by atoms with Gasteiger partial charge in [-0.05, 0) is 48.6 Å². The first-order valence-electron chi connectivity index (χ1n) is 8.49. The average molecular weight is 356 g/mol. The Morgan fingerprint density at radius 3 is 2.44 bits per heavy atom. The quantitative estimate of drug-likeness (QED) is 0.916.